The highest BCUT2D eigenvalue weighted by molar-refractivity contribution is 5.32. The smallest absolute Gasteiger partial charge is 0.385 e. The van der Waals surface area contributed by atoms with Crippen LogP contribution < -0.4 is 0 Å². The van der Waals surface area contributed by atoms with Crippen LogP contribution in [0.3, 0.4) is 0 Å². The maximum Gasteiger partial charge on any atom is 0.391 e. The highest BCUT2D eigenvalue weighted by Crippen LogP contribution is 2.47. The van der Waals surface area contributed by atoms with Crippen LogP contribution in [-0.4, -0.2) is 11.3 Å². The summed E-state index contributed by atoms with van der Waals surface area (Å²) in [5, 5.41) is 10.8. The van der Waals surface area contributed by atoms with Crippen molar-refractivity contribution < 1.29 is 18.3 Å². The molecule has 0 saturated heterocycles. The van der Waals surface area contributed by atoms with Crippen molar-refractivity contribution in [1.82, 2.24) is 0 Å². The number of benzene rings is 1. The largest absolute Gasteiger partial charge is 0.391 e. The Morgan fingerprint density at radius 3 is 2.48 bits per heavy atom. The van der Waals surface area contributed by atoms with Gasteiger partial charge in [0.15, 0.2) is 0 Å². The van der Waals surface area contributed by atoms with E-state index in [1.165, 1.54) is 12.0 Å². The Kier molecular flexibility index (Phi) is 3.76. The Labute approximate surface area is 123 Å². The third kappa shape index (κ3) is 2.96. The summed E-state index contributed by atoms with van der Waals surface area (Å²) in [7, 11) is 0. The molecule has 0 heterocycles. The average molecular weight is 298 g/mol. The summed E-state index contributed by atoms with van der Waals surface area (Å²) < 4.78 is 38.9. The molecule has 1 nitrogen and oxygen atoms in total. The molecular weight excluding hydrogens is 277 g/mol. The molecule has 1 aromatic carbocycles. The first-order valence-corrected chi connectivity index (χ1v) is 7.78. The number of halogens is 3. The van der Waals surface area contributed by atoms with E-state index in [9.17, 15) is 18.3 Å². The van der Waals surface area contributed by atoms with Crippen molar-refractivity contribution in [2.24, 2.45) is 5.92 Å². The van der Waals surface area contributed by atoms with E-state index < -0.39 is 17.7 Å². The fourth-order valence-corrected chi connectivity index (χ4v) is 3.62. The van der Waals surface area contributed by atoms with Crippen LogP contribution >= 0.6 is 0 Å². The Hall–Kier alpha value is -1.03. The molecule has 0 aromatic heterocycles. The molecule has 2 aliphatic carbocycles. The van der Waals surface area contributed by atoms with Gasteiger partial charge in [-0.3, -0.25) is 0 Å². The van der Waals surface area contributed by atoms with E-state index in [2.05, 4.69) is 0 Å². The molecule has 2 unspecified atom stereocenters. The predicted molar refractivity (Wildman–Crippen MR) is 74.9 cm³/mol. The first-order valence-electron chi connectivity index (χ1n) is 7.78. The minimum absolute atomic E-state index is 0.133. The molecule has 116 valence electrons. The van der Waals surface area contributed by atoms with Crippen molar-refractivity contribution in [3.8, 4) is 0 Å². The second-order valence-corrected chi connectivity index (χ2v) is 6.62. The second kappa shape index (κ2) is 5.31. The third-order valence-electron chi connectivity index (χ3n) is 5.19. The van der Waals surface area contributed by atoms with E-state index in [1.807, 2.05) is 18.2 Å². The summed E-state index contributed by atoms with van der Waals surface area (Å²) in [6.45, 7) is 0. The maximum atomic E-state index is 13.0. The van der Waals surface area contributed by atoms with Gasteiger partial charge in [-0.1, -0.05) is 30.7 Å². The van der Waals surface area contributed by atoms with Crippen molar-refractivity contribution in [1.29, 1.82) is 0 Å². The Morgan fingerprint density at radius 2 is 1.86 bits per heavy atom. The van der Waals surface area contributed by atoms with Gasteiger partial charge in [0.25, 0.3) is 0 Å². The van der Waals surface area contributed by atoms with Gasteiger partial charge in [0, 0.05) is 0 Å². The van der Waals surface area contributed by atoms with Crippen LogP contribution in [0.15, 0.2) is 24.3 Å². The molecule has 4 heteroatoms. The summed E-state index contributed by atoms with van der Waals surface area (Å²) in [5.41, 5.74) is 0.514. The van der Waals surface area contributed by atoms with Crippen molar-refractivity contribution in [2.45, 2.75) is 62.6 Å². The molecule has 3 rings (SSSR count). The van der Waals surface area contributed by atoms with Gasteiger partial charge in [0.2, 0.25) is 0 Å². The van der Waals surface area contributed by atoms with Gasteiger partial charge in [-0.05, 0) is 55.6 Å². The maximum absolute atomic E-state index is 13.0. The van der Waals surface area contributed by atoms with Crippen LogP contribution in [0.5, 0.6) is 0 Å². The number of rotatable bonds is 2. The van der Waals surface area contributed by atoms with Crippen LogP contribution in [0.2, 0.25) is 0 Å². The summed E-state index contributed by atoms with van der Waals surface area (Å²) in [6.07, 6.45) is 0.0796. The lowest BCUT2D eigenvalue weighted by Gasteiger charge is -2.38. The van der Waals surface area contributed by atoms with Gasteiger partial charge in [0.05, 0.1) is 11.5 Å². The summed E-state index contributed by atoms with van der Waals surface area (Å²) >= 11 is 0. The zero-order valence-corrected chi connectivity index (χ0v) is 12.0. The predicted octanol–water partition coefficient (Wildman–Crippen LogP) is 4.89. The second-order valence-electron chi connectivity index (χ2n) is 6.62. The van der Waals surface area contributed by atoms with E-state index in [0.29, 0.717) is 24.3 Å². The minimum Gasteiger partial charge on any atom is -0.385 e. The average Bonchev–Trinajstić information content (AvgIpc) is 2.36. The highest BCUT2D eigenvalue weighted by atomic mass is 19.4. The summed E-state index contributed by atoms with van der Waals surface area (Å²) in [6, 6.07) is 7.61. The number of aliphatic hydroxyl groups is 1. The summed E-state index contributed by atoms with van der Waals surface area (Å²) in [5.74, 6) is -0.862. The lowest BCUT2D eigenvalue weighted by Crippen LogP contribution is -2.38. The first kappa shape index (κ1) is 14.9. The van der Waals surface area contributed by atoms with Crippen LogP contribution in [0, 0.1) is 5.92 Å². The molecule has 2 saturated carbocycles. The number of hydrogen-bond donors (Lipinski definition) is 1. The summed E-state index contributed by atoms with van der Waals surface area (Å²) in [4.78, 5) is 0. The highest BCUT2D eigenvalue weighted by Gasteiger charge is 2.47. The van der Waals surface area contributed by atoms with Gasteiger partial charge in [-0.25, -0.2) is 0 Å². The fourth-order valence-electron chi connectivity index (χ4n) is 3.62. The standard InChI is InChI=1S/C17H21F3O/c18-17(19,20)15-8-3-9-16(21,11-15)14-7-2-6-13(10-14)12-4-1-5-12/h2,6-7,10,12,15,21H,1,3-5,8-9,11H2. The third-order valence-corrected chi connectivity index (χ3v) is 5.19. The molecule has 21 heavy (non-hydrogen) atoms. The molecule has 0 aliphatic heterocycles. The molecule has 2 aliphatic rings. The van der Waals surface area contributed by atoms with Crippen molar-refractivity contribution in [3.63, 3.8) is 0 Å². The van der Waals surface area contributed by atoms with Gasteiger partial charge in [-0.2, -0.15) is 13.2 Å². The van der Waals surface area contributed by atoms with Crippen molar-refractivity contribution >= 4 is 0 Å². The van der Waals surface area contributed by atoms with Gasteiger partial charge < -0.3 is 5.11 Å². The van der Waals surface area contributed by atoms with Gasteiger partial charge >= 0.3 is 6.18 Å². The van der Waals surface area contributed by atoms with Crippen LogP contribution in [0.1, 0.15) is 62.0 Å². The van der Waals surface area contributed by atoms with Crippen LogP contribution in [-0.2, 0) is 5.60 Å². The van der Waals surface area contributed by atoms with Gasteiger partial charge in [-0.15, -0.1) is 0 Å². The molecule has 0 amide bonds. The molecule has 2 atom stereocenters. The van der Waals surface area contributed by atoms with E-state index in [1.54, 1.807) is 6.07 Å². The lowest BCUT2D eigenvalue weighted by molar-refractivity contribution is -0.201. The quantitative estimate of drug-likeness (QED) is 0.824. The zero-order chi connectivity index (χ0) is 15.1. The SMILES string of the molecule is OC1(c2cccc(C3CCC3)c2)CCCC(C(F)(F)F)C1. The molecule has 1 N–H and O–H groups in total. The number of alkyl halides is 3. The van der Waals surface area contributed by atoms with E-state index in [-0.39, 0.29) is 12.8 Å². The van der Waals surface area contributed by atoms with E-state index >= 15 is 0 Å². The molecular formula is C17H21F3O. The van der Waals surface area contributed by atoms with Crippen molar-refractivity contribution in [2.75, 3.05) is 0 Å². The Bertz CT molecular complexity index is 507. The monoisotopic (exact) mass is 298 g/mol. The van der Waals surface area contributed by atoms with Crippen molar-refractivity contribution in [3.05, 3.63) is 35.4 Å². The minimum atomic E-state index is -4.21. The molecule has 0 bridgehead atoms. The molecule has 0 spiro atoms. The van der Waals surface area contributed by atoms with Crippen LogP contribution in [0.4, 0.5) is 13.2 Å². The molecule has 1 aromatic rings. The number of hydrogen-bond acceptors (Lipinski definition) is 1. The Morgan fingerprint density at radius 1 is 1.10 bits per heavy atom. The van der Waals surface area contributed by atoms with Crippen LogP contribution in [0.25, 0.3) is 0 Å². The van der Waals surface area contributed by atoms with E-state index in [4.69, 9.17) is 0 Å². The van der Waals surface area contributed by atoms with Gasteiger partial charge in [0.1, 0.15) is 0 Å². The molecule has 0 radical (unpaired) electrons. The zero-order valence-electron chi connectivity index (χ0n) is 12.0. The van der Waals surface area contributed by atoms with E-state index in [0.717, 1.165) is 12.8 Å². The first-order chi connectivity index (χ1) is 9.88. The fraction of sp³-hybridized carbons (Fsp3) is 0.647. The normalized spacial score (nSPS) is 31.0. The Balaban J connectivity index is 1.84. The topological polar surface area (TPSA) is 20.2 Å². The molecule has 2 fully saturated rings. The lowest BCUT2D eigenvalue weighted by atomic mass is 9.72.